The standard InChI is InChI=1S/C10H9NO3/c1-14-10(13)8-4-6-5-11-3-2-7(6)9(8)12/h2-3,5,12H,4H2,1H3. The molecule has 72 valence electrons. The highest BCUT2D eigenvalue weighted by Crippen LogP contribution is 2.30. The Hall–Kier alpha value is -1.84. The lowest BCUT2D eigenvalue weighted by Gasteiger charge is -1.98. The number of methoxy groups -OCH3 is 1. The fraction of sp³-hybridized carbons (Fsp3) is 0.200. The lowest BCUT2D eigenvalue weighted by Crippen LogP contribution is -2.05. The van der Waals surface area contributed by atoms with Crippen LogP contribution in [0, 0.1) is 0 Å². The van der Waals surface area contributed by atoms with E-state index < -0.39 is 5.97 Å². The lowest BCUT2D eigenvalue weighted by atomic mass is 10.1. The van der Waals surface area contributed by atoms with Crippen molar-refractivity contribution in [2.24, 2.45) is 0 Å². The molecule has 0 unspecified atom stereocenters. The van der Waals surface area contributed by atoms with Crippen molar-refractivity contribution in [3.05, 3.63) is 35.2 Å². The molecular weight excluding hydrogens is 182 g/mol. The first-order valence-corrected chi connectivity index (χ1v) is 4.17. The third kappa shape index (κ3) is 1.16. The van der Waals surface area contributed by atoms with Crippen molar-refractivity contribution in [2.45, 2.75) is 6.42 Å². The predicted molar refractivity (Wildman–Crippen MR) is 49.5 cm³/mol. The zero-order valence-electron chi connectivity index (χ0n) is 7.65. The van der Waals surface area contributed by atoms with E-state index >= 15 is 0 Å². The first kappa shape index (κ1) is 8.74. The van der Waals surface area contributed by atoms with Gasteiger partial charge in [0.25, 0.3) is 0 Å². The van der Waals surface area contributed by atoms with Gasteiger partial charge >= 0.3 is 5.97 Å². The summed E-state index contributed by atoms with van der Waals surface area (Å²) in [7, 11) is 1.30. The van der Waals surface area contributed by atoms with Gasteiger partial charge in [-0.1, -0.05) is 0 Å². The van der Waals surface area contributed by atoms with Crippen LogP contribution in [0.3, 0.4) is 0 Å². The number of esters is 1. The van der Waals surface area contributed by atoms with E-state index in [0.717, 1.165) is 5.56 Å². The number of ether oxygens (including phenoxy) is 1. The summed E-state index contributed by atoms with van der Waals surface area (Å²) in [5.41, 5.74) is 1.82. The summed E-state index contributed by atoms with van der Waals surface area (Å²) in [5, 5.41) is 9.69. The summed E-state index contributed by atoms with van der Waals surface area (Å²) in [6, 6.07) is 1.68. The molecule has 2 rings (SSSR count). The highest BCUT2D eigenvalue weighted by Gasteiger charge is 2.26. The van der Waals surface area contributed by atoms with E-state index in [2.05, 4.69) is 9.72 Å². The van der Waals surface area contributed by atoms with Crippen LogP contribution in [0.2, 0.25) is 0 Å². The lowest BCUT2D eigenvalue weighted by molar-refractivity contribution is -0.136. The van der Waals surface area contributed by atoms with Gasteiger partial charge in [0.1, 0.15) is 5.76 Å². The second kappa shape index (κ2) is 3.14. The number of pyridine rings is 1. The fourth-order valence-corrected chi connectivity index (χ4v) is 1.53. The minimum Gasteiger partial charge on any atom is -0.507 e. The molecule has 14 heavy (non-hydrogen) atoms. The topological polar surface area (TPSA) is 59.4 Å². The van der Waals surface area contributed by atoms with Gasteiger partial charge in [0.2, 0.25) is 0 Å². The van der Waals surface area contributed by atoms with Crippen molar-refractivity contribution >= 4 is 11.7 Å². The molecule has 0 amide bonds. The summed E-state index contributed by atoms with van der Waals surface area (Å²) in [6.45, 7) is 0. The van der Waals surface area contributed by atoms with E-state index in [4.69, 9.17) is 0 Å². The molecule has 0 aromatic carbocycles. The molecular formula is C10H9NO3. The zero-order valence-corrected chi connectivity index (χ0v) is 7.65. The normalized spacial score (nSPS) is 14.1. The second-order valence-corrected chi connectivity index (χ2v) is 3.03. The minimum absolute atomic E-state index is 0.00856. The monoisotopic (exact) mass is 191 g/mol. The van der Waals surface area contributed by atoms with Gasteiger partial charge in [0.15, 0.2) is 0 Å². The molecule has 4 nitrogen and oxygen atoms in total. The summed E-state index contributed by atoms with van der Waals surface area (Å²) < 4.78 is 4.56. The van der Waals surface area contributed by atoms with Crippen molar-refractivity contribution < 1.29 is 14.6 Å². The van der Waals surface area contributed by atoms with Crippen molar-refractivity contribution in [2.75, 3.05) is 7.11 Å². The number of fused-ring (bicyclic) bond motifs is 1. The van der Waals surface area contributed by atoms with E-state index in [9.17, 15) is 9.90 Å². The van der Waals surface area contributed by atoms with Crippen LogP contribution in [0.15, 0.2) is 24.0 Å². The second-order valence-electron chi connectivity index (χ2n) is 3.03. The van der Waals surface area contributed by atoms with E-state index in [1.54, 1.807) is 18.5 Å². The quantitative estimate of drug-likeness (QED) is 0.675. The average Bonchev–Trinajstić information content (AvgIpc) is 2.56. The number of aliphatic hydroxyl groups is 1. The fourth-order valence-electron chi connectivity index (χ4n) is 1.53. The van der Waals surface area contributed by atoms with Crippen molar-refractivity contribution in [3.8, 4) is 0 Å². The number of carbonyl (C=O) groups is 1. The Morgan fingerprint density at radius 2 is 2.43 bits per heavy atom. The van der Waals surface area contributed by atoms with Crippen LogP contribution in [-0.2, 0) is 16.0 Å². The van der Waals surface area contributed by atoms with Crippen LogP contribution in [0.5, 0.6) is 0 Å². The third-order valence-electron chi connectivity index (χ3n) is 2.24. The number of hydrogen-bond acceptors (Lipinski definition) is 4. The van der Waals surface area contributed by atoms with Crippen LogP contribution >= 0.6 is 0 Å². The largest absolute Gasteiger partial charge is 0.507 e. The molecule has 0 fully saturated rings. The first-order chi connectivity index (χ1) is 6.74. The van der Waals surface area contributed by atoms with Crippen molar-refractivity contribution in [1.29, 1.82) is 0 Å². The summed E-state index contributed by atoms with van der Waals surface area (Å²) in [6.07, 6.45) is 3.61. The maximum Gasteiger partial charge on any atom is 0.337 e. The minimum atomic E-state index is -0.487. The predicted octanol–water partition coefficient (Wildman–Crippen LogP) is 1.08. The number of hydrogen-bond donors (Lipinski definition) is 1. The van der Waals surface area contributed by atoms with Crippen molar-refractivity contribution in [3.63, 3.8) is 0 Å². The number of rotatable bonds is 1. The van der Waals surface area contributed by atoms with Crippen LogP contribution in [0.4, 0.5) is 0 Å². The average molecular weight is 191 g/mol. The molecule has 0 spiro atoms. The van der Waals surface area contributed by atoms with Gasteiger partial charge in [-0.05, 0) is 11.6 Å². The Bertz CT molecular complexity index is 423. The molecule has 4 heteroatoms. The van der Waals surface area contributed by atoms with Crippen LogP contribution in [-0.4, -0.2) is 23.2 Å². The molecule has 0 bridgehead atoms. The van der Waals surface area contributed by atoms with Gasteiger partial charge in [-0.2, -0.15) is 0 Å². The molecule has 0 saturated heterocycles. The first-order valence-electron chi connectivity index (χ1n) is 4.17. The molecule has 1 aromatic rings. The Kier molecular flexibility index (Phi) is 1.96. The summed E-state index contributed by atoms with van der Waals surface area (Å²) >= 11 is 0. The van der Waals surface area contributed by atoms with Gasteiger partial charge in [-0.15, -0.1) is 0 Å². The smallest absolute Gasteiger partial charge is 0.337 e. The van der Waals surface area contributed by atoms with Crippen LogP contribution < -0.4 is 0 Å². The highest BCUT2D eigenvalue weighted by atomic mass is 16.5. The number of carbonyl (C=O) groups excluding carboxylic acids is 1. The van der Waals surface area contributed by atoms with E-state index in [1.807, 2.05) is 0 Å². The number of nitrogens with zero attached hydrogens (tertiary/aromatic N) is 1. The Morgan fingerprint density at radius 1 is 1.64 bits per heavy atom. The molecule has 0 saturated carbocycles. The molecule has 1 aromatic heterocycles. The number of aliphatic hydroxyl groups excluding tert-OH is 1. The number of aromatic nitrogens is 1. The van der Waals surface area contributed by atoms with E-state index in [1.165, 1.54) is 7.11 Å². The Morgan fingerprint density at radius 3 is 3.07 bits per heavy atom. The highest BCUT2D eigenvalue weighted by molar-refractivity contribution is 5.98. The molecule has 0 aliphatic heterocycles. The van der Waals surface area contributed by atoms with E-state index in [0.29, 0.717) is 17.6 Å². The maximum absolute atomic E-state index is 11.2. The molecule has 0 radical (unpaired) electrons. The Labute approximate surface area is 80.8 Å². The summed E-state index contributed by atoms with van der Waals surface area (Å²) in [4.78, 5) is 15.2. The molecule has 1 aliphatic carbocycles. The molecule has 0 atom stereocenters. The molecule has 1 heterocycles. The van der Waals surface area contributed by atoms with Gasteiger partial charge in [-0.3, -0.25) is 4.98 Å². The SMILES string of the molecule is COC(=O)C1=C(O)c2ccncc2C1. The Balaban J connectivity index is 2.44. The summed E-state index contributed by atoms with van der Waals surface area (Å²) in [5.74, 6) is -0.479. The van der Waals surface area contributed by atoms with Gasteiger partial charge in [-0.25, -0.2) is 4.79 Å². The molecule has 1 N–H and O–H groups in total. The van der Waals surface area contributed by atoms with Gasteiger partial charge < -0.3 is 9.84 Å². The zero-order chi connectivity index (χ0) is 10.1. The van der Waals surface area contributed by atoms with Gasteiger partial charge in [0.05, 0.1) is 12.7 Å². The van der Waals surface area contributed by atoms with E-state index in [-0.39, 0.29) is 5.76 Å². The van der Waals surface area contributed by atoms with Crippen molar-refractivity contribution in [1.82, 2.24) is 4.98 Å². The third-order valence-corrected chi connectivity index (χ3v) is 2.24. The molecule has 1 aliphatic rings. The maximum atomic E-state index is 11.2. The van der Waals surface area contributed by atoms with Gasteiger partial charge in [0, 0.05) is 24.4 Å². The van der Waals surface area contributed by atoms with Crippen LogP contribution in [0.1, 0.15) is 11.1 Å². The van der Waals surface area contributed by atoms with Crippen LogP contribution in [0.25, 0.3) is 5.76 Å².